The lowest BCUT2D eigenvalue weighted by Crippen LogP contribution is -2.16. The second-order valence-corrected chi connectivity index (χ2v) is 5.09. The van der Waals surface area contributed by atoms with E-state index in [0.29, 0.717) is 24.3 Å². The van der Waals surface area contributed by atoms with Crippen LogP contribution in [-0.4, -0.2) is 27.2 Å². The summed E-state index contributed by atoms with van der Waals surface area (Å²) in [7, 11) is 1.93. The first-order valence-corrected chi connectivity index (χ1v) is 6.77. The third-order valence-corrected chi connectivity index (χ3v) is 3.32. The molecule has 1 aromatic heterocycles. The Balaban J connectivity index is 2.08. The Morgan fingerprint density at radius 2 is 2.35 bits per heavy atom. The first-order valence-electron chi connectivity index (χ1n) is 5.98. The summed E-state index contributed by atoms with van der Waals surface area (Å²) in [6.07, 6.45) is 4.31. The third-order valence-electron chi connectivity index (χ3n) is 2.83. The van der Waals surface area contributed by atoms with E-state index in [0.717, 1.165) is 10.3 Å². The van der Waals surface area contributed by atoms with Gasteiger partial charge >= 0.3 is 0 Å². The van der Waals surface area contributed by atoms with Crippen LogP contribution < -0.4 is 10.5 Å². The van der Waals surface area contributed by atoms with Crippen LogP contribution in [0.15, 0.2) is 40.2 Å². The van der Waals surface area contributed by atoms with Gasteiger partial charge in [-0.25, -0.2) is 4.98 Å². The summed E-state index contributed by atoms with van der Waals surface area (Å²) in [5.74, 6) is 1.52. The minimum atomic E-state index is 0.0123. The van der Waals surface area contributed by atoms with E-state index in [9.17, 15) is 0 Å². The molecule has 0 radical (unpaired) electrons. The summed E-state index contributed by atoms with van der Waals surface area (Å²) in [6.45, 7) is 0.457. The molecule has 0 fully saturated rings. The van der Waals surface area contributed by atoms with Gasteiger partial charge in [-0.1, -0.05) is 21.1 Å². The number of oxime groups is 1. The molecule has 0 saturated carbocycles. The maximum Gasteiger partial charge on any atom is 0.173 e. The molecule has 20 heavy (non-hydrogen) atoms. The molecule has 0 bridgehead atoms. The molecule has 0 aliphatic rings. The van der Waals surface area contributed by atoms with Crippen molar-refractivity contribution in [3.63, 3.8) is 0 Å². The molecule has 0 unspecified atom stereocenters. The van der Waals surface area contributed by atoms with Crippen LogP contribution in [0.1, 0.15) is 11.4 Å². The van der Waals surface area contributed by atoms with E-state index in [-0.39, 0.29) is 5.84 Å². The number of nitrogens with two attached hydrogens (primary N) is 1. The number of nitrogens with zero attached hydrogens (tertiary/aromatic N) is 3. The molecule has 2 rings (SSSR count). The summed E-state index contributed by atoms with van der Waals surface area (Å²) >= 11 is 3.34. The predicted molar refractivity (Wildman–Crippen MR) is 79.1 cm³/mol. The van der Waals surface area contributed by atoms with Crippen molar-refractivity contribution in [3.05, 3.63) is 46.5 Å². The fourth-order valence-corrected chi connectivity index (χ4v) is 2.13. The first kappa shape index (κ1) is 14.4. The highest BCUT2D eigenvalue weighted by atomic mass is 79.9. The van der Waals surface area contributed by atoms with E-state index in [1.807, 2.05) is 23.9 Å². The van der Waals surface area contributed by atoms with Crippen LogP contribution in [0.25, 0.3) is 0 Å². The van der Waals surface area contributed by atoms with Crippen molar-refractivity contribution >= 4 is 21.8 Å². The van der Waals surface area contributed by atoms with Crippen molar-refractivity contribution in [1.29, 1.82) is 0 Å². The number of hydrogen-bond acceptors (Lipinski definition) is 4. The molecule has 1 heterocycles. The highest BCUT2D eigenvalue weighted by Gasteiger charge is 2.10. The van der Waals surface area contributed by atoms with Crippen molar-refractivity contribution in [3.8, 4) is 5.75 Å². The predicted octanol–water partition coefficient (Wildman–Crippen LogP) is 1.90. The summed E-state index contributed by atoms with van der Waals surface area (Å²) in [4.78, 5) is 4.22. The van der Waals surface area contributed by atoms with E-state index in [4.69, 9.17) is 15.7 Å². The van der Waals surface area contributed by atoms with Gasteiger partial charge in [0.2, 0.25) is 0 Å². The van der Waals surface area contributed by atoms with Gasteiger partial charge in [0.25, 0.3) is 0 Å². The second kappa shape index (κ2) is 6.42. The van der Waals surface area contributed by atoms with E-state index in [2.05, 4.69) is 26.1 Å². The van der Waals surface area contributed by atoms with E-state index in [1.54, 1.807) is 18.3 Å². The molecule has 3 N–H and O–H groups in total. The molecule has 0 spiro atoms. The van der Waals surface area contributed by atoms with Gasteiger partial charge in [-0.3, -0.25) is 0 Å². The van der Waals surface area contributed by atoms with Crippen LogP contribution in [0, 0.1) is 0 Å². The molecule has 106 valence electrons. The average Bonchev–Trinajstić information content (AvgIpc) is 2.85. The highest BCUT2D eigenvalue weighted by Crippen LogP contribution is 2.23. The minimum Gasteiger partial charge on any atom is -0.492 e. The van der Waals surface area contributed by atoms with Crippen LogP contribution in [0.3, 0.4) is 0 Å². The Hall–Kier alpha value is -2.02. The lowest BCUT2D eigenvalue weighted by Gasteiger charge is -2.11. The average molecular weight is 339 g/mol. The van der Waals surface area contributed by atoms with Crippen LogP contribution in [0.4, 0.5) is 0 Å². The van der Waals surface area contributed by atoms with Gasteiger partial charge in [0, 0.05) is 30.3 Å². The van der Waals surface area contributed by atoms with Crippen LogP contribution in [0.5, 0.6) is 5.75 Å². The number of benzene rings is 1. The Bertz CT molecular complexity index is 625. The van der Waals surface area contributed by atoms with Crippen molar-refractivity contribution in [2.24, 2.45) is 17.9 Å². The molecular weight excluding hydrogens is 324 g/mol. The quantitative estimate of drug-likeness (QED) is 0.377. The fraction of sp³-hybridized carbons (Fsp3) is 0.231. The second-order valence-electron chi connectivity index (χ2n) is 4.18. The smallest absolute Gasteiger partial charge is 0.173 e. The van der Waals surface area contributed by atoms with Gasteiger partial charge in [0.05, 0.1) is 12.2 Å². The molecule has 1 aromatic carbocycles. The Kier molecular flexibility index (Phi) is 4.62. The zero-order chi connectivity index (χ0) is 14.5. The maximum atomic E-state index is 8.79. The number of rotatable bonds is 5. The van der Waals surface area contributed by atoms with Gasteiger partial charge in [-0.05, 0) is 18.2 Å². The molecule has 0 saturated heterocycles. The van der Waals surface area contributed by atoms with Crippen molar-refractivity contribution in [1.82, 2.24) is 9.55 Å². The minimum absolute atomic E-state index is 0.0123. The molecular formula is C13H15BrN4O2. The summed E-state index contributed by atoms with van der Waals surface area (Å²) in [5, 5.41) is 11.8. The van der Waals surface area contributed by atoms with Gasteiger partial charge < -0.3 is 20.2 Å². The summed E-state index contributed by atoms with van der Waals surface area (Å²) < 4.78 is 8.47. The van der Waals surface area contributed by atoms with Crippen molar-refractivity contribution in [2.45, 2.75) is 6.42 Å². The molecule has 0 amide bonds. The van der Waals surface area contributed by atoms with E-state index in [1.165, 1.54) is 0 Å². The van der Waals surface area contributed by atoms with Gasteiger partial charge in [-0.15, -0.1) is 0 Å². The van der Waals surface area contributed by atoms with Crippen LogP contribution in [-0.2, 0) is 13.5 Å². The molecule has 0 aliphatic heterocycles. The number of aromatic nitrogens is 2. The number of halogens is 1. The number of aryl methyl sites for hydroxylation is 1. The summed E-state index contributed by atoms with van der Waals surface area (Å²) in [6, 6.07) is 5.35. The molecule has 2 aromatic rings. The topological polar surface area (TPSA) is 85.7 Å². The lowest BCUT2D eigenvalue weighted by molar-refractivity contribution is 0.311. The van der Waals surface area contributed by atoms with Crippen molar-refractivity contribution < 1.29 is 9.94 Å². The first-order chi connectivity index (χ1) is 9.61. The van der Waals surface area contributed by atoms with Crippen LogP contribution in [0.2, 0.25) is 0 Å². The van der Waals surface area contributed by atoms with Gasteiger partial charge in [0.15, 0.2) is 5.84 Å². The van der Waals surface area contributed by atoms with Gasteiger partial charge in [0.1, 0.15) is 11.6 Å². The number of imidazole rings is 1. The Morgan fingerprint density at radius 1 is 1.55 bits per heavy atom. The molecule has 0 aliphatic carbocycles. The maximum absolute atomic E-state index is 8.79. The SMILES string of the molecule is Cn1ccnc1CCOc1ccc(Br)cc1/C(N)=N/O. The molecule has 6 nitrogen and oxygen atoms in total. The number of hydrogen-bond donors (Lipinski definition) is 2. The molecule has 0 atom stereocenters. The zero-order valence-electron chi connectivity index (χ0n) is 11.0. The Morgan fingerprint density at radius 3 is 3.00 bits per heavy atom. The normalized spacial score (nSPS) is 11.6. The Labute approximate surface area is 125 Å². The number of ether oxygens (including phenoxy) is 1. The molecule has 7 heteroatoms. The van der Waals surface area contributed by atoms with Gasteiger partial charge in [-0.2, -0.15) is 0 Å². The van der Waals surface area contributed by atoms with E-state index >= 15 is 0 Å². The van der Waals surface area contributed by atoms with Crippen molar-refractivity contribution in [2.75, 3.05) is 6.61 Å². The largest absolute Gasteiger partial charge is 0.492 e. The zero-order valence-corrected chi connectivity index (χ0v) is 12.5. The number of amidine groups is 1. The van der Waals surface area contributed by atoms with E-state index < -0.39 is 0 Å². The monoisotopic (exact) mass is 338 g/mol. The van der Waals surface area contributed by atoms with Crippen LogP contribution >= 0.6 is 15.9 Å². The standard InChI is InChI=1S/C13H15BrN4O2/c1-18-6-5-16-12(18)4-7-20-11-3-2-9(14)8-10(11)13(15)17-19/h2-3,5-6,8,19H,4,7H2,1H3,(H2,15,17). The third kappa shape index (κ3) is 3.30. The summed E-state index contributed by atoms with van der Waals surface area (Å²) in [5.41, 5.74) is 6.18. The lowest BCUT2D eigenvalue weighted by atomic mass is 10.2. The fourth-order valence-electron chi connectivity index (χ4n) is 1.77. The highest BCUT2D eigenvalue weighted by molar-refractivity contribution is 9.10.